The molecule has 0 radical (unpaired) electrons. The summed E-state index contributed by atoms with van der Waals surface area (Å²) in [5.41, 5.74) is 2.51. The summed E-state index contributed by atoms with van der Waals surface area (Å²) in [6, 6.07) is 16.9. The van der Waals surface area contributed by atoms with Gasteiger partial charge in [-0.1, -0.05) is 119 Å². The molecule has 0 spiro atoms. The van der Waals surface area contributed by atoms with Gasteiger partial charge in [-0.25, -0.2) is 0 Å². The molecular weight excluding hydrogens is 571 g/mol. The molecule has 1 N–H and O–H groups in total. The summed E-state index contributed by atoms with van der Waals surface area (Å²) in [5.74, 6) is -0.0783. The number of halogens is 3. The highest BCUT2D eigenvalue weighted by molar-refractivity contribution is 8.26. The number of thioether (sulfide) groups is 1. The zero-order valence-electron chi connectivity index (χ0n) is 19.5. The van der Waals surface area contributed by atoms with Gasteiger partial charge in [0.1, 0.15) is 10.1 Å². The summed E-state index contributed by atoms with van der Waals surface area (Å²) in [4.78, 5) is 27.7. The Kier molecular flexibility index (Phi) is 9.37. The number of nitrogens with one attached hydrogen (secondary N) is 1. The first kappa shape index (κ1) is 27.7. The van der Waals surface area contributed by atoms with Crippen molar-refractivity contribution in [3.05, 3.63) is 94.4 Å². The predicted octanol–water partition coefficient (Wildman–Crippen LogP) is 6.60. The van der Waals surface area contributed by atoms with Crippen LogP contribution in [-0.4, -0.2) is 37.6 Å². The minimum absolute atomic E-state index is 0.114. The van der Waals surface area contributed by atoms with Crippen LogP contribution in [0.3, 0.4) is 0 Å². The lowest BCUT2D eigenvalue weighted by Crippen LogP contribution is -2.48. The molecule has 1 aliphatic heterocycles. The topological polar surface area (TPSA) is 58.6 Å². The molecule has 1 heterocycles. The molecule has 37 heavy (non-hydrogen) atoms. The molecule has 0 bridgehead atoms. The second kappa shape index (κ2) is 12.5. The Bertz CT molecular complexity index is 1260. The van der Waals surface area contributed by atoms with Gasteiger partial charge in [0.2, 0.25) is 15.9 Å². The molecule has 192 valence electrons. The van der Waals surface area contributed by atoms with Gasteiger partial charge in [0, 0.05) is 12.1 Å². The lowest BCUT2D eigenvalue weighted by atomic mass is 10.0. The third-order valence-corrected chi connectivity index (χ3v) is 7.61. The Balaban J connectivity index is 1.39. The van der Waals surface area contributed by atoms with Gasteiger partial charge in [-0.05, 0) is 48.6 Å². The van der Waals surface area contributed by atoms with Crippen molar-refractivity contribution in [2.75, 3.05) is 6.54 Å². The summed E-state index contributed by atoms with van der Waals surface area (Å²) in [5, 5.41) is 2.65. The standard InChI is InChI=1S/C27H23Cl3N2O3S2/c28-27(29,30)25(31-23(33)20-9-5-2-6-10-20)35-21-13-11-19(12-14-21)17-22-24(34)32(26(36)37-22)16-15-18-7-3-1-4-8-18/h1-5,7-9,11-14,17,25H,6,10,15-16H2,(H,31,33)/b22-17-/t25-/m0/s1. The number of ether oxygens (including phenoxy) is 1. The number of rotatable bonds is 8. The molecule has 0 aromatic heterocycles. The number of alkyl halides is 3. The Morgan fingerprint density at radius 1 is 1.16 bits per heavy atom. The van der Waals surface area contributed by atoms with Gasteiger partial charge < -0.3 is 10.1 Å². The number of allylic oxidation sites excluding steroid dienone is 3. The average Bonchev–Trinajstić information content (AvgIpc) is 3.15. The van der Waals surface area contributed by atoms with E-state index in [-0.39, 0.29) is 11.8 Å². The van der Waals surface area contributed by atoms with Crippen molar-refractivity contribution >= 4 is 81.0 Å². The summed E-state index contributed by atoms with van der Waals surface area (Å²) in [6.45, 7) is 0.524. The van der Waals surface area contributed by atoms with Gasteiger partial charge in [-0.15, -0.1) is 0 Å². The zero-order valence-corrected chi connectivity index (χ0v) is 23.4. The Morgan fingerprint density at radius 3 is 2.54 bits per heavy atom. The van der Waals surface area contributed by atoms with Crippen LogP contribution >= 0.6 is 58.8 Å². The number of nitrogens with zero attached hydrogens (tertiary/aromatic N) is 1. The van der Waals surface area contributed by atoms with Crippen LogP contribution in [0.5, 0.6) is 5.75 Å². The van der Waals surface area contributed by atoms with Crippen LogP contribution in [0, 0.1) is 0 Å². The monoisotopic (exact) mass is 592 g/mol. The van der Waals surface area contributed by atoms with Gasteiger partial charge in [0.25, 0.3) is 5.91 Å². The van der Waals surface area contributed by atoms with Gasteiger partial charge in [0.15, 0.2) is 0 Å². The third-order valence-electron chi connectivity index (χ3n) is 5.64. The second-order valence-electron chi connectivity index (χ2n) is 8.31. The lowest BCUT2D eigenvalue weighted by Gasteiger charge is -2.27. The number of hydrogen-bond donors (Lipinski definition) is 1. The van der Waals surface area contributed by atoms with Crippen LogP contribution in [0.15, 0.2) is 83.3 Å². The minimum atomic E-state index is -1.90. The van der Waals surface area contributed by atoms with Gasteiger partial charge in [-0.2, -0.15) is 0 Å². The van der Waals surface area contributed by atoms with E-state index in [1.807, 2.05) is 42.5 Å². The largest absolute Gasteiger partial charge is 0.466 e. The molecule has 1 atom stereocenters. The average molecular weight is 594 g/mol. The first-order chi connectivity index (χ1) is 17.7. The number of amides is 2. The minimum Gasteiger partial charge on any atom is -0.466 e. The molecular formula is C27H23Cl3N2O3S2. The highest BCUT2D eigenvalue weighted by atomic mass is 35.6. The van der Waals surface area contributed by atoms with E-state index in [0.29, 0.717) is 33.5 Å². The lowest BCUT2D eigenvalue weighted by molar-refractivity contribution is -0.122. The first-order valence-corrected chi connectivity index (χ1v) is 13.9. The summed E-state index contributed by atoms with van der Waals surface area (Å²) in [7, 11) is 0. The first-order valence-electron chi connectivity index (χ1n) is 11.5. The van der Waals surface area contributed by atoms with E-state index in [1.165, 1.54) is 11.8 Å². The third kappa shape index (κ3) is 7.62. The fourth-order valence-corrected chi connectivity index (χ4v) is 5.30. The maximum absolute atomic E-state index is 12.9. The number of hydrogen-bond acceptors (Lipinski definition) is 5. The number of carbonyl (C=O) groups is 2. The van der Waals surface area contributed by atoms with E-state index < -0.39 is 10.0 Å². The van der Waals surface area contributed by atoms with E-state index in [1.54, 1.807) is 41.3 Å². The molecule has 1 aliphatic carbocycles. The molecule has 1 fully saturated rings. The van der Waals surface area contributed by atoms with Crippen molar-refractivity contribution in [3.63, 3.8) is 0 Å². The summed E-state index contributed by atoms with van der Waals surface area (Å²) >= 11 is 24.9. The number of carbonyl (C=O) groups excluding carboxylic acids is 2. The van der Waals surface area contributed by atoms with Crippen LogP contribution in [0.25, 0.3) is 6.08 Å². The number of thiocarbonyl (C=S) groups is 1. The molecule has 2 amide bonds. The predicted molar refractivity (Wildman–Crippen MR) is 156 cm³/mol. The highest BCUT2D eigenvalue weighted by Gasteiger charge is 2.37. The Labute approximate surface area is 240 Å². The van der Waals surface area contributed by atoms with Crippen molar-refractivity contribution in [1.82, 2.24) is 10.2 Å². The molecule has 2 aromatic carbocycles. The zero-order chi connectivity index (χ0) is 26.4. The fraction of sp³-hybridized carbons (Fsp3) is 0.222. The quantitative estimate of drug-likeness (QED) is 0.162. The van der Waals surface area contributed by atoms with Crippen molar-refractivity contribution < 1.29 is 14.3 Å². The summed E-state index contributed by atoms with van der Waals surface area (Å²) < 4.78 is 4.44. The van der Waals surface area contributed by atoms with Crippen molar-refractivity contribution in [3.8, 4) is 5.75 Å². The fourth-order valence-electron chi connectivity index (χ4n) is 3.69. The molecule has 2 aromatic rings. The summed E-state index contributed by atoms with van der Waals surface area (Å²) in [6.07, 6.45) is 8.19. The van der Waals surface area contributed by atoms with E-state index in [4.69, 9.17) is 51.8 Å². The van der Waals surface area contributed by atoms with E-state index >= 15 is 0 Å². The molecule has 1 saturated heterocycles. The van der Waals surface area contributed by atoms with Gasteiger partial charge in [-0.3, -0.25) is 14.5 Å². The maximum Gasteiger partial charge on any atom is 0.266 e. The molecule has 4 rings (SSSR count). The van der Waals surface area contributed by atoms with Crippen LogP contribution in [-0.2, 0) is 16.0 Å². The molecule has 5 nitrogen and oxygen atoms in total. The SMILES string of the molecule is O=C(N[C@@H](Oc1ccc(/C=C2\SC(=S)N(CCc3ccccc3)C2=O)cc1)C(Cl)(Cl)Cl)C1=CC=CCC1. The van der Waals surface area contributed by atoms with Crippen LogP contribution in [0.2, 0.25) is 0 Å². The van der Waals surface area contributed by atoms with Crippen molar-refractivity contribution in [2.45, 2.75) is 29.3 Å². The van der Waals surface area contributed by atoms with E-state index in [2.05, 4.69) is 5.32 Å². The van der Waals surface area contributed by atoms with Crippen molar-refractivity contribution in [1.29, 1.82) is 0 Å². The van der Waals surface area contributed by atoms with Gasteiger partial charge >= 0.3 is 0 Å². The van der Waals surface area contributed by atoms with Crippen LogP contribution in [0.1, 0.15) is 24.0 Å². The van der Waals surface area contributed by atoms with Gasteiger partial charge in [0.05, 0.1) is 4.91 Å². The van der Waals surface area contributed by atoms with Crippen LogP contribution < -0.4 is 10.1 Å². The smallest absolute Gasteiger partial charge is 0.266 e. The highest BCUT2D eigenvalue weighted by Crippen LogP contribution is 2.34. The Morgan fingerprint density at radius 2 is 1.89 bits per heavy atom. The molecule has 0 unspecified atom stereocenters. The van der Waals surface area contributed by atoms with E-state index in [9.17, 15) is 9.59 Å². The molecule has 2 aliphatic rings. The van der Waals surface area contributed by atoms with Crippen molar-refractivity contribution in [2.24, 2.45) is 0 Å². The van der Waals surface area contributed by atoms with Crippen LogP contribution in [0.4, 0.5) is 0 Å². The molecule has 10 heteroatoms. The second-order valence-corrected chi connectivity index (χ2v) is 12.4. The normalized spacial score (nSPS) is 17.6. The number of benzene rings is 2. The maximum atomic E-state index is 12.9. The van der Waals surface area contributed by atoms with E-state index in [0.717, 1.165) is 24.0 Å². The Hall–Kier alpha value is -2.29. The molecule has 0 saturated carbocycles.